The lowest BCUT2D eigenvalue weighted by Gasteiger charge is -2.21. The van der Waals surface area contributed by atoms with Crippen molar-refractivity contribution in [3.63, 3.8) is 0 Å². The lowest BCUT2D eigenvalue weighted by atomic mass is 10.2. The first kappa shape index (κ1) is 22.0. The van der Waals surface area contributed by atoms with Crippen LogP contribution >= 0.6 is 0 Å². The lowest BCUT2D eigenvalue weighted by Crippen LogP contribution is -2.24. The van der Waals surface area contributed by atoms with Gasteiger partial charge in [-0.3, -0.25) is 14.6 Å². The fraction of sp³-hybridized carbons (Fsp3) is 0.190. The highest BCUT2D eigenvalue weighted by molar-refractivity contribution is 6.06. The van der Waals surface area contributed by atoms with E-state index in [9.17, 15) is 27.2 Å². The molecule has 2 heterocycles. The first-order valence-electron chi connectivity index (χ1n) is 9.14. The maximum atomic E-state index is 14.4. The second kappa shape index (κ2) is 8.99. The zero-order chi connectivity index (χ0) is 22.6. The van der Waals surface area contributed by atoms with Crippen molar-refractivity contribution in [1.82, 2.24) is 9.55 Å². The summed E-state index contributed by atoms with van der Waals surface area (Å²) in [4.78, 5) is 29.3. The standard InChI is InChI=1S/C21H18F4N4O2/c1-28(16-6-4-15(5-7-16)21(23,24)25)9-10-29-18(13-30)17(11-19(29)22)27-20(31)14-3-2-8-26-12-14/h2-8,11-13H,9-10H2,1H3,(H,27,31). The van der Waals surface area contributed by atoms with Gasteiger partial charge in [-0.2, -0.15) is 17.6 Å². The van der Waals surface area contributed by atoms with Crippen molar-refractivity contribution in [3.8, 4) is 0 Å². The van der Waals surface area contributed by atoms with Gasteiger partial charge in [0, 0.05) is 44.3 Å². The Kier molecular flexibility index (Phi) is 6.38. The van der Waals surface area contributed by atoms with Crippen molar-refractivity contribution in [2.75, 3.05) is 23.8 Å². The van der Waals surface area contributed by atoms with Crippen LogP contribution in [0.4, 0.5) is 28.9 Å². The van der Waals surface area contributed by atoms with Crippen molar-refractivity contribution in [2.24, 2.45) is 0 Å². The minimum atomic E-state index is -4.43. The maximum Gasteiger partial charge on any atom is 0.416 e. The predicted molar refractivity (Wildman–Crippen MR) is 107 cm³/mol. The SMILES string of the molecule is CN(CCn1c(F)cc(NC(=O)c2cccnc2)c1C=O)c1ccc(C(F)(F)F)cc1. The second-order valence-corrected chi connectivity index (χ2v) is 6.70. The number of aldehydes is 1. The summed E-state index contributed by atoms with van der Waals surface area (Å²) in [6.07, 6.45) is -1.17. The number of aromatic nitrogens is 2. The smallest absolute Gasteiger partial charge is 0.373 e. The van der Waals surface area contributed by atoms with Crippen LogP contribution in [0.2, 0.25) is 0 Å². The molecule has 1 amide bonds. The largest absolute Gasteiger partial charge is 0.416 e. The van der Waals surface area contributed by atoms with Gasteiger partial charge in [0.25, 0.3) is 5.91 Å². The second-order valence-electron chi connectivity index (χ2n) is 6.70. The van der Waals surface area contributed by atoms with E-state index in [0.717, 1.165) is 22.8 Å². The molecule has 0 spiro atoms. The van der Waals surface area contributed by atoms with Crippen LogP contribution in [-0.2, 0) is 12.7 Å². The number of pyridine rings is 1. The topological polar surface area (TPSA) is 67.2 Å². The molecular formula is C21H18F4N4O2. The first-order chi connectivity index (χ1) is 14.7. The molecule has 0 aliphatic heterocycles. The molecule has 2 aromatic heterocycles. The number of amides is 1. The van der Waals surface area contributed by atoms with E-state index < -0.39 is 23.6 Å². The molecule has 0 bridgehead atoms. The summed E-state index contributed by atoms with van der Waals surface area (Å²) in [6, 6.07) is 8.68. The van der Waals surface area contributed by atoms with Crippen LogP contribution in [-0.4, -0.2) is 35.3 Å². The molecule has 3 rings (SSSR count). The van der Waals surface area contributed by atoms with Crippen molar-refractivity contribution in [3.05, 3.63) is 77.6 Å². The number of carbonyl (C=O) groups excluding carboxylic acids is 2. The van der Waals surface area contributed by atoms with Gasteiger partial charge in [0.15, 0.2) is 12.2 Å². The third-order valence-electron chi connectivity index (χ3n) is 4.67. The molecule has 0 radical (unpaired) electrons. The third-order valence-corrected chi connectivity index (χ3v) is 4.67. The average Bonchev–Trinajstić information content (AvgIpc) is 3.05. The number of halogens is 4. The molecule has 0 atom stereocenters. The third kappa shape index (κ3) is 5.08. The summed E-state index contributed by atoms with van der Waals surface area (Å²) in [5, 5.41) is 2.49. The first-order valence-corrected chi connectivity index (χ1v) is 9.14. The molecule has 0 fully saturated rings. The molecule has 1 N–H and O–H groups in total. The summed E-state index contributed by atoms with van der Waals surface area (Å²) in [5.74, 6) is -1.28. The summed E-state index contributed by atoms with van der Waals surface area (Å²) in [7, 11) is 1.63. The van der Waals surface area contributed by atoms with E-state index >= 15 is 0 Å². The maximum absolute atomic E-state index is 14.4. The van der Waals surface area contributed by atoms with Gasteiger partial charge in [0.05, 0.1) is 16.8 Å². The molecule has 0 saturated carbocycles. The van der Waals surface area contributed by atoms with E-state index in [0.29, 0.717) is 12.0 Å². The Morgan fingerprint density at radius 1 is 1.23 bits per heavy atom. The Hall–Kier alpha value is -3.69. The highest BCUT2D eigenvalue weighted by Gasteiger charge is 2.30. The van der Waals surface area contributed by atoms with Crippen molar-refractivity contribution in [1.29, 1.82) is 0 Å². The Morgan fingerprint density at radius 3 is 2.52 bits per heavy atom. The van der Waals surface area contributed by atoms with Crippen LogP contribution < -0.4 is 10.2 Å². The van der Waals surface area contributed by atoms with Crippen molar-refractivity contribution >= 4 is 23.6 Å². The van der Waals surface area contributed by atoms with Crippen molar-refractivity contribution < 1.29 is 27.2 Å². The van der Waals surface area contributed by atoms with Crippen LogP contribution in [0.25, 0.3) is 0 Å². The van der Waals surface area contributed by atoms with E-state index in [2.05, 4.69) is 10.3 Å². The zero-order valence-corrected chi connectivity index (χ0v) is 16.4. The molecule has 6 nitrogen and oxygen atoms in total. The highest BCUT2D eigenvalue weighted by Crippen LogP contribution is 2.30. The predicted octanol–water partition coefficient (Wildman–Crippen LogP) is 4.24. The molecule has 162 valence electrons. The van der Waals surface area contributed by atoms with Crippen molar-refractivity contribution in [2.45, 2.75) is 12.7 Å². The van der Waals surface area contributed by atoms with Gasteiger partial charge in [-0.15, -0.1) is 0 Å². The van der Waals surface area contributed by atoms with Gasteiger partial charge in [0.1, 0.15) is 5.69 Å². The molecule has 0 aliphatic rings. The van der Waals surface area contributed by atoms with Gasteiger partial charge in [-0.25, -0.2) is 0 Å². The van der Waals surface area contributed by atoms with E-state index in [1.807, 2.05) is 0 Å². The Bertz CT molecular complexity index is 1060. The monoisotopic (exact) mass is 434 g/mol. The number of nitrogens with one attached hydrogen (secondary N) is 1. The lowest BCUT2D eigenvalue weighted by molar-refractivity contribution is -0.137. The summed E-state index contributed by atoms with van der Waals surface area (Å²) < 4.78 is 53.6. The number of nitrogens with zero attached hydrogens (tertiary/aromatic N) is 3. The normalized spacial score (nSPS) is 11.3. The van der Waals surface area contributed by atoms with Gasteiger partial charge in [-0.05, 0) is 36.4 Å². The molecule has 0 unspecified atom stereocenters. The van der Waals surface area contributed by atoms with Gasteiger partial charge >= 0.3 is 6.18 Å². The molecule has 0 saturated heterocycles. The average molecular weight is 434 g/mol. The molecule has 0 aliphatic carbocycles. The van der Waals surface area contributed by atoms with E-state index in [1.54, 1.807) is 18.0 Å². The van der Waals surface area contributed by atoms with E-state index in [4.69, 9.17) is 0 Å². The number of hydrogen-bond acceptors (Lipinski definition) is 4. The number of alkyl halides is 3. The number of carbonyl (C=O) groups is 2. The Labute approximate surface area is 175 Å². The fourth-order valence-corrected chi connectivity index (χ4v) is 2.96. The number of rotatable bonds is 7. The van der Waals surface area contributed by atoms with Crippen LogP contribution in [0.3, 0.4) is 0 Å². The molecule has 10 heteroatoms. The van der Waals surface area contributed by atoms with Crippen LogP contribution in [0.5, 0.6) is 0 Å². The number of likely N-dealkylation sites (N-methyl/N-ethyl adjacent to an activating group) is 1. The highest BCUT2D eigenvalue weighted by atomic mass is 19.4. The summed E-state index contributed by atoms with van der Waals surface area (Å²) >= 11 is 0. The van der Waals surface area contributed by atoms with Gasteiger partial charge in [-0.1, -0.05) is 0 Å². The Balaban J connectivity index is 1.71. The van der Waals surface area contributed by atoms with Gasteiger partial charge < -0.3 is 14.8 Å². The summed E-state index contributed by atoms with van der Waals surface area (Å²) in [6.45, 7) is 0.230. The number of anilines is 2. The van der Waals surface area contributed by atoms with Crippen LogP contribution in [0, 0.1) is 5.95 Å². The minimum absolute atomic E-state index is 0.0125. The van der Waals surface area contributed by atoms with Crippen LogP contribution in [0.1, 0.15) is 26.4 Å². The summed E-state index contributed by atoms with van der Waals surface area (Å²) in [5.41, 5.74) is -0.0692. The number of hydrogen-bond donors (Lipinski definition) is 1. The molecule has 31 heavy (non-hydrogen) atoms. The van der Waals surface area contributed by atoms with Gasteiger partial charge in [0.2, 0.25) is 0 Å². The molecular weight excluding hydrogens is 416 g/mol. The zero-order valence-electron chi connectivity index (χ0n) is 16.4. The van der Waals surface area contributed by atoms with E-state index in [1.165, 1.54) is 30.6 Å². The minimum Gasteiger partial charge on any atom is -0.373 e. The quantitative estimate of drug-likeness (QED) is 0.446. The van der Waals surface area contributed by atoms with E-state index in [-0.39, 0.29) is 30.0 Å². The molecule has 3 aromatic rings. The molecule has 1 aromatic carbocycles. The van der Waals surface area contributed by atoms with Crippen LogP contribution in [0.15, 0.2) is 54.9 Å². The Morgan fingerprint density at radius 2 is 1.94 bits per heavy atom. The number of benzene rings is 1. The fourth-order valence-electron chi connectivity index (χ4n) is 2.96.